The number of nitrogens with one attached hydrogen (secondary N) is 2. The molecular formula is C27H30N2O6. The van der Waals surface area contributed by atoms with Crippen LogP contribution in [-0.4, -0.2) is 56.0 Å². The van der Waals surface area contributed by atoms with Crippen LogP contribution in [0.2, 0.25) is 0 Å². The van der Waals surface area contributed by atoms with Crippen LogP contribution in [0.5, 0.6) is 0 Å². The van der Waals surface area contributed by atoms with E-state index in [0.717, 1.165) is 11.1 Å². The first kappa shape index (κ1) is 23.4. The average Bonchev–Trinajstić information content (AvgIpc) is 3.60. The van der Waals surface area contributed by atoms with Crippen molar-refractivity contribution in [1.82, 2.24) is 10.6 Å². The van der Waals surface area contributed by atoms with Crippen molar-refractivity contribution in [3.05, 3.63) is 59.7 Å². The van der Waals surface area contributed by atoms with Gasteiger partial charge in [-0.2, -0.15) is 0 Å². The second kappa shape index (κ2) is 9.70. The molecule has 3 N–H and O–H groups in total. The largest absolute Gasteiger partial charge is 0.481 e. The van der Waals surface area contributed by atoms with Crippen molar-refractivity contribution in [3.8, 4) is 11.1 Å². The molecule has 1 saturated carbocycles. The molecule has 2 amide bonds. The number of aliphatic carboxylic acids is 1. The number of rotatable bonds is 8. The van der Waals surface area contributed by atoms with Crippen LogP contribution < -0.4 is 10.6 Å². The van der Waals surface area contributed by atoms with Crippen LogP contribution in [0.1, 0.15) is 36.3 Å². The Labute approximate surface area is 204 Å². The van der Waals surface area contributed by atoms with Gasteiger partial charge in [0.25, 0.3) is 0 Å². The van der Waals surface area contributed by atoms with E-state index in [0.29, 0.717) is 39.0 Å². The standard InChI is InChI=1S/C27H30N2O6/c30-24(29-16-27(25(31)32)9-11-34-12-10-27)22-13-17(22)14-28-26(33)35-15-23-20-7-3-1-5-18(20)19-6-2-4-8-21(19)23/h1-8,17,22-23H,9-16H2,(H,28,33)(H,29,30)(H,31,32). The van der Waals surface area contributed by atoms with Gasteiger partial charge in [0.15, 0.2) is 0 Å². The van der Waals surface area contributed by atoms with Gasteiger partial charge in [0, 0.05) is 38.1 Å². The predicted molar refractivity (Wildman–Crippen MR) is 128 cm³/mol. The van der Waals surface area contributed by atoms with Crippen LogP contribution in [0.25, 0.3) is 11.1 Å². The number of hydrogen-bond acceptors (Lipinski definition) is 5. The van der Waals surface area contributed by atoms with Gasteiger partial charge in [-0.3, -0.25) is 9.59 Å². The minimum Gasteiger partial charge on any atom is -0.481 e. The molecule has 1 heterocycles. The number of benzene rings is 2. The third kappa shape index (κ3) is 4.75. The summed E-state index contributed by atoms with van der Waals surface area (Å²) in [5.74, 6) is -1.23. The first-order valence-corrected chi connectivity index (χ1v) is 12.2. The fourth-order valence-corrected chi connectivity index (χ4v) is 5.27. The number of carbonyl (C=O) groups is 3. The average molecular weight is 479 g/mol. The highest BCUT2D eigenvalue weighted by Crippen LogP contribution is 2.44. The summed E-state index contributed by atoms with van der Waals surface area (Å²) in [6.45, 7) is 1.48. The molecule has 5 rings (SSSR count). The zero-order chi connectivity index (χ0) is 24.4. The van der Waals surface area contributed by atoms with Crippen LogP contribution in [0.4, 0.5) is 4.79 Å². The molecule has 2 unspecified atom stereocenters. The number of carbonyl (C=O) groups excluding carboxylic acids is 2. The summed E-state index contributed by atoms with van der Waals surface area (Å²) in [6, 6.07) is 16.3. The molecule has 2 aromatic carbocycles. The normalized spacial score (nSPS) is 21.9. The van der Waals surface area contributed by atoms with Crippen molar-refractivity contribution in [3.63, 3.8) is 0 Å². The lowest BCUT2D eigenvalue weighted by atomic mass is 9.80. The Morgan fingerprint density at radius 2 is 1.60 bits per heavy atom. The molecule has 8 nitrogen and oxygen atoms in total. The zero-order valence-corrected chi connectivity index (χ0v) is 19.5. The van der Waals surface area contributed by atoms with Gasteiger partial charge in [-0.05, 0) is 47.4 Å². The van der Waals surface area contributed by atoms with E-state index in [9.17, 15) is 19.5 Å². The first-order chi connectivity index (χ1) is 17.0. The molecule has 0 spiro atoms. The van der Waals surface area contributed by atoms with E-state index in [1.807, 2.05) is 24.3 Å². The van der Waals surface area contributed by atoms with E-state index < -0.39 is 17.5 Å². The Balaban J connectivity index is 1.07. The van der Waals surface area contributed by atoms with Crippen LogP contribution in [-0.2, 0) is 19.1 Å². The van der Waals surface area contributed by atoms with Gasteiger partial charge in [-0.15, -0.1) is 0 Å². The van der Waals surface area contributed by atoms with Crippen LogP contribution >= 0.6 is 0 Å². The maximum absolute atomic E-state index is 12.5. The summed E-state index contributed by atoms with van der Waals surface area (Å²) in [7, 11) is 0. The Bertz CT molecular complexity index is 1080. The topological polar surface area (TPSA) is 114 Å². The van der Waals surface area contributed by atoms with Gasteiger partial charge in [0.05, 0.1) is 5.41 Å². The lowest BCUT2D eigenvalue weighted by Crippen LogP contribution is -2.47. The van der Waals surface area contributed by atoms with Gasteiger partial charge in [0.2, 0.25) is 5.91 Å². The lowest BCUT2D eigenvalue weighted by Gasteiger charge is -2.33. The highest BCUT2D eigenvalue weighted by atomic mass is 16.5. The van der Waals surface area contributed by atoms with Crippen molar-refractivity contribution in [2.45, 2.75) is 25.2 Å². The Morgan fingerprint density at radius 1 is 0.971 bits per heavy atom. The Morgan fingerprint density at radius 3 is 2.23 bits per heavy atom. The Kier molecular flexibility index (Phi) is 6.47. The van der Waals surface area contributed by atoms with E-state index in [-0.39, 0.29) is 36.8 Å². The molecule has 8 heteroatoms. The van der Waals surface area contributed by atoms with E-state index in [1.54, 1.807) is 0 Å². The molecule has 1 saturated heterocycles. The molecular weight excluding hydrogens is 448 g/mol. The molecule has 2 aromatic rings. The number of carboxylic acids is 1. The third-order valence-corrected chi connectivity index (χ3v) is 7.62. The van der Waals surface area contributed by atoms with E-state index in [2.05, 4.69) is 34.9 Å². The highest BCUT2D eigenvalue weighted by molar-refractivity contribution is 5.83. The number of fused-ring (bicyclic) bond motifs is 3. The van der Waals surface area contributed by atoms with Crippen molar-refractivity contribution in [1.29, 1.82) is 0 Å². The second-order valence-electron chi connectivity index (χ2n) is 9.72. The number of ether oxygens (including phenoxy) is 2. The minimum absolute atomic E-state index is 0.000607. The summed E-state index contributed by atoms with van der Waals surface area (Å²) in [4.78, 5) is 36.6. The van der Waals surface area contributed by atoms with Gasteiger partial charge in [0.1, 0.15) is 6.61 Å². The smallest absolute Gasteiger partial charge is 0.407 e. The maximum Gasteiger partial charge on any atom is 0.407 e. The molecule has 0 aromatic heterocycles. The minimum atomic E-state index is -0.960. The SMILES string of the molecule is O=C(NCC1CC1C(=O)NCC1(C(=O)O)CCOCC1)OCC1c2ccccc2-c2ccccc21. The summed E-state index contributed by atoms with van der Waals surface area (Å²) in [5, 5.41) is 15.2. The van der Waals surface area contributed by atoms with Gasteiger partial charge < -0.3 is 25.2 Å². The summed E-state index contributed by atoms with van der Waals surface area (Å²) in [5.41, 5.74) is 3.70. The van der Waals surface area contributed by atoms with E-state index in [4.69, 9.17) is 9.47 Å². The summed E-state index contributed by atoms with van der Waals surface area (Å²) >= 11 is 0. The first-order valence-electron chi connectivity index (χ1n) is 12.2. The number of amides is 2. The van der Waals surface area contributed by atoms with E-state index in [1.165, 1.54) is 11.1 Å². The molecule has 184 valence electrons. The van der Waals surface area contributed by atoms with Crippen molar-refractivity contribution in [2.24, 2.45) is 17.3 Å². The lowest BCUT2D eigenvalue weighted by molar-refractivity contribution is -0.154. The fraction of sp³-hybridized carbons (Fsp3) is 0.444. The quantitative estimate of drug-likeness (QED) is 0.537. The molecule has 1 aliphatic heterocycles. The highest BCUT2D eigenvalue weighted by Gasteiger charge is 2.45. The van der Waals surface area contributed by atoms with Crippen molar-refractivity contribution < 1.29 is 29.0 Å². The predicted octanol–water partition coefficient (Wildman–Crippen LogP) is 3.16. The second-order valence-corrected chi connectivity index (χ2v) is 9.72. The monoisotopic (exact) mass is 478 g/mol. The van der Waals surface area contributed by atoms with Crippen LogP contribution in [0.15, 0.2) is 48.5 Å². The van der Waals surface area contributed by atoms with E-state index >= 15 is 0 Å². The number of alkyl carbamates (subject to hydrolysis) is 1. The molecule has 3 aliphatic rings. The molecule has 35 heavy (non-hydrogen) atoms. The number of carboxylic acid groups (broad SMARTS) is 1. The third-order valence-electron chi connectivity index (χ3n) is 7.62. The molecule has 0 radical (unpaired) electrons. The van der Waals surface area contributed by atoms with Crippen molar-refractivity contribution in [2.75, 3.05) is 32.9 Å². The van der Waals surface area contributed by atoms with Gasteiger partial charge in [-0.1, -0.05) is 48.5 Å². The Hall–Kier alpha value is -3.39. The van der Waals surface area contributed by atoms with Crippen molar-refractivity contribution >= 4 is 18.0 Å². The summed E-state index contributed by atoms with van der Waals surface area (Å²) in [6.07, 6.45) is 0.948. The molecule has 2 aliphatic carbocycles. The van der Waals surface area contributed by atoms with Crippen LogP contribution in [0, 0.1) is 17.3 Å². The van der Waals surface area contributed by atoms with Gasteiger partial charge >= 0.3 is 12.1 Å². The zero-order valence-electron chi connectivity index (χ0n) is 19.5. The molecule has 0 bridgehead atoms. The molecule has 2 fully saturated rings. The fourth-order valence-electron chi connectivity index (χ4n) is 5.27. The number of hydrogen-bond donors (Lipinski definition) is 3. The van der Waals surface area contributed by atoms with Gasteiger partial charge in [-0.25, -0.2) is 4.79 Å². The maximum atomic E-state index is 12.5. The molecule has 2 atom stereocenters. The van der Waals surface area contributed by atoms with Crippen LogP contribution in [0.3, 0.4) is 0 Å². The summed E-state index contributed by atoms with van der Waals surface area (Å²) < 4.78 is 10.8.